The molecule has 1 saturated heterocycles. The standard InChI is InChI=1S/C11H19N/c1-2-6-12(7-3-1)11-5-4-9-8-10(9)11/h9-11H,1-8H2/t9-,10+,11-/m0/s1. The maximum Gasteiger partial charge on any atom is 0.0126 e. The summed E-state index contributed by atoms with van der Waals surface area (Å²) >= 11 is 0. The third-order valence-electron chi connectivity index (χ3n) is 4.16. The first kappa shape index (κ1) is 7.37. The molecule has 2 aliphatic carbocycles. The van der Waals surface area contributed by atoms with Gasteiger partial charge >= 0.3 is 0 Å². The highest BCUT2D eigenvalue weighted by Gasteiger charge is 2.49. The monoisotopic (exact) mass is 165 g/mol. The van der Waals surface area contributed by atoms with Crippen LogP contribution in [0.1, 0.15) is 38.5 Å². The van der Waals surface area contributed by atoms with Gasteiger partial charge in [0.1, 0.15) is 0 Å². The van der Waals surface area contributed by atoms with Crippen LogP contribution in [0.3, 0.4) is 0 Å². The van der Waals surface area contributed by atoms with Crippen LogP contribution in [0.5, 0.6) is 0 Å². The molecule has 0 bridgehead atoms. The molecule has 0 N–H and O–H groups in total. The number of hydrogen-bond donors (Lipinski definition) is 0. The zero-order chi connectivity index (χ0) is 7.97. The van der Waals surface area contributed by atoms with E-state index in [9.17, 15) is 0 Å². The Morgan fingerprint density at radius 2 is 1.75 bits per heavy atom. The van der Waals surface area contributed by atoms with E-state index in [-0.39, 0.29) is 0 Å². The van der Waals surface area contributed by atoms with Gasteiger partial charge in [0.2, 0.25) is 0 Å². The summed E-state index contributed by atoms with van der Waals surface area (Å²) in [6.45, 7) is 2.82. The van der Waals surface area contributed by atoms with Crippen LogP contribution >= 0.6 is 0 Å². The van der Waals surface area contributed by atoms with Crippen LogP contribution in [0.25, 0.3) is 0 Å². The Balaban J connectivity index is 1.63. The molecule has 1 heteroatoms. The summed E-state index contributed by atoms with van der Waals surface area (Å²) in [5.74, 6) is 2.31. The minimum Gasteiger partial charge on any atom is -0.300 e. The van der Waals surface area contributed by atoms with Crippen molar-refractivity contribution in [2.75, 3.05) is 13.1 Å². The zero-order valence-corrected chi connectivity index (χ0v) is 7.84. The lowest BCUT2D eigenvalue weighted by Crippen LogP contribution is -2.39. The van der Waals surface area contributed by atoms with Gasteiger partial charge in [-0.15, -0.1) is 0 Å². The third-order valence-corrected chi connectivity index (χ3v) is 4.16. The Hall–Kier alpha value is -0.0400. The molecule has 2 saturated carbocycles. The first-order valence-electron chi connectivity index (χ1n) is 5.69. The molecule has 0 aromatic rings. The van der Waals surface area contributed by atoms with Gasteiger partial charge in [-0.25, -0.2) is 0 Å². The van der Waals surface area contributed by atoms with Crippen molar-refractivity contribution < 1.29 is 0 Å². The van der Waals surface area contributed by atoms with Gasteiger partial charge in [0.05, 0.1) is 0 Å². The van der Waals surface area contributed by atoms with Gasteiger partial charge in [0, 0.05) is 6.04 Å². The molecule has 68 valence electrons. The smallest absolute Gasteiger partial charge is 0.0126 e. The van der Waals surface area contributed by atoms with Crippen LogP contribution < -0.4 is 0 Å². The van der Waals surface area contributed by atoms with Gasteiger partial charge < -0.3 is 4.90 Å². The Morgan fingerprint density at radius 1 is 0.917 bits per heavy atom. The molecule has 0 aromatic heterocycles. The van der Waals surface area contributed by atoms with Crippen molar-refractivity contribution in [3.8, 4) is 0 Å². The first-order valence-corrected chi connectivity index (χ1v) is 5.69. The van der Waals surface area contributed by atoms with E-state index in [0.717, 1.165) is 17.9 Å². The number of likely N-dealkylation sites (tertiary alicyclic amines) is 1. The summed E-state index contributed by atoms with van der Waals surface area (Å²) < 4.78 is 0. The predicted molar refractivity (Wildman–Crippen MR) is 50.0 cm³/mol. The van der Waals surface area contributed by atoms with Gasteiger partial charge in [0.25, 0.3) is 0 Å². The number of piperidine rings is 1. The van der Waals surface area contributed by atoms with E-state index in [1.54, 1.807) is 12.8 Å². The maximum atomic E-state index is 2.79. The largest absolute Gasteiger partial charge is 0.300 e. The highest BCUT2D eigenvalue weighted by Crippen LogP contribution is 2.53. The normalized spacial score (nSPS) is 47.5. The molecule has 3 fully saturated rings. The average Bonchev–Trinajstić information content (AvgIpc) is 2.80. The molecule has 12 heavy (non-hydrogen) atoms. The van der Waals surface area contributed by atoms with E-state index in [2.05, 4.69) is 4.90 Å². The van der Waals surface area contributed by atoms with Crippen molar-refractivity contribution in [1.29, 1.82) is 0 Å². The Labute approximate surface area is 75.1 Å². The Kier molecular flexibility index (Phi) is 1.68. The van der Waals surface area contributed by atoms with Crippen LogP contribution in [0, 0.1) is 11.8 Å². The summed E-state index contributed by atoms with van der Waals surface area (Å²) in [4.78, 5) is 2.79. The second kappa shape index (κ2) is 2.73. The lowest BCUT2D eigenvalue weighted by Gasteiger charge is -2.33. The molecule has 3 rings (SSSR count). The minimum atomic E-state index is 1.02. The Morgan fingerprint density at radius 3 is 2.33 bits per heavy atom. The fourth-order valence-corrected chi connectivity index (χ4v) is 3.38. The van der Waals surface area contributed by atoms with Crippen molar-refractivity contribution in [2.45, 2.75) is 44.6 Å². The number of nitrogens with zero attached hydrogens (tertiary/aromatic N) is 1. The van der Waals surface area contributed by atoms with Gasteiger partial charge in [-0.05, 0) is 57.0 Å². The van der Waals surface area contributed by atoms with Crippen molar-refractivity contribution in [3.63, 3.8) is 0 Å². The van der Waals surface area contributed by atoms with Gasteiger partial charge in [-0.1, -0.05) is 6.42 Å². The highest BCUT2D eigenvalue weighted by atomic mass is 15.2. The van der Waals surface area contributed by atoms with Crippen LogP contribution in [-0.4, -0.2) is 24.0 Å². The van der Waals surface area contributed by atoms with Crippen LogP contribution in [0.15, 0.2) is 0 Å². The number of rotatable bonds is 1. The Bertz CT molecular complexity index is 172. The minimum absolute atomic E-state index is 1.02. The molecule has 3 atom stereocenters. The summed E-state index contributed by atoms with van der Waals surface area (Å²) in [5, 5.41) is 0. The van der Waals surface area contributed by atoms with Crippen molar-refractivity contribution in [2.24, 2.45) is 11.8 Å². The van der Waals surface area contributed by atoms with Gasteiger partial charge in [-0.3, -0.25) is 0 Å². The van der Waals surface area contributed by atoms with E-state index >= 15 is 0 Å². The average molecular weight is 165 g/mol. The highest BCUT2D eigenvalue weighted by molar-refractivity contribution is 5.02. The molecule has 1 nitrogen and oxygen atoms in total. The molecule has 0 amide bonds. The maximum absolute atomic E-state index is 2.79. The number of fused-ring (bicyclic) bond motifs is 1. The molecule has 1 aliphatic heterocycles. The quantitative estimate of drug-likeness (QED) is 0.576. The fourth-order valence-electron chi connectivity index (χ4n) is 3.38. The molecule has 0 radical (unpaired) electrons. The van der Waals surface area contributed by atoms with Gasteiger partial charge in [-0.2, -0.15) is 0 Å². The van der Waals surface area contributed by atoms with Crippen molar-refractivity contribution in [1.82, 2.24) is 4.90 Å². The summed E-state index contributed by atoms with van der Waals surface area (Å²) in [7, 11) is 0. The molecular formula is C11H19N. The molecule has 3 aliphatic rings. The molecule has 1 heterocycles. The molecule has 0 unspecified atom stereocenters. The van der Waals surface area contributed by atoms with Crippen LogP contribution in [-0.2, 0) is 0 Å². The van der Waals surface area contributed by atoms with Crippen LogP contribution in [0.2, 0.25) is 0 Å². The van der Waals surface area contributed by atoms with Crippen LogP contribution in [0.4, 0.5) is 0 Å². The first-order chi connectivity index (χ1) is 5.95. The molecule has 0 aromatic carbocycles. The SMILES string of the molecule is C1CCN([C@H]2CC[C@H]3C[C@H]32)CC1. The second-order valence-electron chi connectivity index (χ2n) is 4.90. The summed E-state index contributed by atoms with van der Waals surface area (Å²) in [5.41, 5.74) is 0. The lowest BCUT2D eigenvalue weighted by atomic mass is 10.1. The van der Waals surface area contributed by atoms with E-state index in [0.29, 0.717) is 0 Å². The van der Waals surface area contributed by atoms with Crippen molar-refractivity contribution >= 4 is 0 Å². The zero-order valence-electron chi connectivity index (χ0n) is 7.84. The molecule has 0 spiro atoms. The topological polar surface area (TPSA) is 3.24 Å². The van der Waals surface area contributed by atoms with Gasteiger partial charge in [0.15, 0.2) is 0 Å². The summed E-state index contributed by atoms with van der Waals surface area (Å²) in [6.07, 6.45) is 9.06. The van der Waals surface area contributed by atoms with Crippen molar-refractivity contribution in [3.05, 3.63) is 0 Å². The summed E-state index contributed by atoms with van der Waals surface area (Å²) in [6, 6.07) is 1.02. The van der Waals surface area contributed by atoms with E-state index < -0.39 is 0 Å². The molecular weight excluding hydrogens is 146 g/mol. The third kappa shape index (κ3) is 1.10. The van der Waals surface area contributed by atoms with E-state index in [1.165, 1.54) is 38.8 Å². The number of hydrogen-bond acceptors (Lipinski definition) is 1. The van der Waals surface area contributed by atoms with E-state index in [4.69, 9.17) is 0 Å². The van der Waals surface area contributed by atoms with E-state index in [1.807, 2.05) is 0 Å². The predicted octanol–water partition coefficient (Wildman–Crippen LogP) is 2.27. The lowest BCUT2D eigenvalue weighted by molar-refractivity contribution is 0.150. The fraction of sp³-hybridized carbons (Fsp3) is 1.00. The second-order valence-corrected chi connectivity index (χ2v) is 4.90.